The van der Waals surface area contributed by atoms with Crippen LogP contribution in [0.15, 0.2) is 0 Å². The van der Waals surface area contributed by atoms with Crippen LogP contribution in [0, 0.1) is 0 Å². The monoisotopic (exact) mass is 242 g/mol. The Morgan fingerprint density at radius 2 is 1.00 bits per heavy atom. The molecule has 0 rings (SSSR count). The van der Waals surface area contributed by atoms with Crippen molar-refractivity contribution in [3.8, 4) is 0 Å². The molecule has 0 aromatic rings. The van der Waals surface area contributed by atoms with Crippen molar-refractivity contribution in [2.24, 2.45) is 0 Å². The molecule has 0 saturated carbocycles. The second-order valence-corrected chi connectivity index (χ2v) is 7.29. The SMILES string of the molecule is CCN(CC)P(F)(F)(CC)N(CC)CC. The molecule has 0 heterocycles. The van der Waals surface area contributed by atoms with Crippen LogP contribution in [0.1, 0.15) is 34.6 Å². The molecule has 0 N–H and O–H groups in total. The van der Waals surface area contributed by atoms with Gasteiger partial charge in [0, 0.05) is 0 Å². The van der Waals surface area contributed by atoms with Gasteiger partial charge in [0.15, 0.2) is 0 Å². The second kappa shape index (κ2) is 5.51. The van der Waals surface area contributed by atoms with Crippen LogP contribution in [0.3, 0.4) is 0 Å². The van der Waals surface area contributed by atoms with Gasteiger partial charge in [-0.05, 0) is 0 Å². The van der Waals surface area contributed by atoms with Gasteiger partial charge in [0.1, 0.15) is 0 Å². The fourth-order valence-corrected chi connectivity index (χ4v) is 5.43. The van der Waals surface area contributed by atoms with Gasteiger partial charge >= 0.3 is 92.2 Å². The van der Waals surface area contributed by atoms with Crippen molar-refractivity contribution in [1.82, 2.24) is 9.34 Å². The topological polar surface area (TPSA) is 6.48 Å². The normalized spacial score (nSPS) is 15.7. The molecule has 94 valence electrons. The number of halogens is 2. The Balaban J connectivity index is 5.21. The molecule has 0 atom stereocenters. The van der Waals surface area contributed by atoms with E-state index >= 15 is 0 Å². The number of nitrogens with zero attached hydrogens (tertiary/aromatic N) is 2. The van der Waals surface area contributed by atoms with E-state index in [0.29, 0.717) is 26.2 Å². The Labute approximate surface area is 92.9 Å². The van der Waals surface area contributed by atoms with Crippen molar-refractivity contribution in [3.63, 3.8) is 0 Å². The van der Waals surface area contributed by atoms with Gasteiger partial charge in [0.25, 0.3) is 0 Å². The van der Waals surface area contributed by atoms with E-state index in [4.69, 9.17) is 0 Å². The molecule has 15 heavy (non-hydrogen) atoms. The molecule has 0 bridgehead atoms. The predicted octanol–water partition coefficient (Wildman–Crippen LogP) is 3.84. The Morgan fingerprint density at radius 1 is 0.733 bits per heavy atom. The summed E-state index contributed by atoms with van der Waals surface area (Å²) in [7, 11) is -4.79. The molecule has 0 aliphatic heterocycles. The minimum absolute atomic E-state index is 0.0467. The summed E-state index contributed by atoms with van der Waals surface area (Å²) < 4.78 is 32.5. The van der Waals surface area contributed by atoms with Crippen molar-refractivity contribution in [1.29, 1.82) is 0 Å². The first-order valence-corrected chi connectivity index (χ1v) is 7.96. The molecule has 0 aliphatic rings. The van der Waals surface area contributed by atoms with Gasteiger partial charge in [0.2, 0.25) is 0 Å². The van der Waals surface area contributed by atoms with Crippen LogP contribution in [0.25, 0.3) is 0 Å². The Kier molecular flexibility index (Phi) is 5.59. The van der Waals surface area contributed by atoms with Gasteiger partial charge in [-0.3, -0.25) is 0 Å². The third-order valence-electron chi connectivity index (χ3n) is 3.06. The van der Waals surface area contributed by atoms with Crippen molar-refractivity contribution in [2.75, 3.05) is 32.3 Å². The average molecular weight is 242 g/mol. The van der Waals surface area contributed by atoms with Crippen molar-refractivity contribution in [3.05, 3.63) is 0 Å². The first kappa shape index (κ1) is 15.2. The Morgan fingerprint density at radius 3 is 1.13 bits per heavy atom. The first-order valence-electron chi connectivity index (χ1n) is 5.85. The van der Waals surface area contributed by atoms with E-state index in [1.807, 2.05) is 27.7 Å². The number of rotatable bonds is 7. The zero-order valence-corrected chi connectivity index (χ0v) is 11.5. The number of hydrogen-bond acceptors (Lipinski definition) is 2. The van der Waals surface area contributed by atoms with Crippen LogP contribution < -0.4 is 0 Å². The summed E-state index contributed by atoms with van der Waals surface area (Å²) in [5.74, 6) is 0. The molecule has 0 aliphatic carbocycles. The van der Waals surface area contributed by atoms with Crippen LogP contribution in [-0.2, 0) is 0 Å². The van der Waals surface area contributed by atoms with E-state index in [0.717, 1.165) is 0 Å². The summed E-state index contributed by atoms with van der Waals surface area (Å²) in [4.78, 5) is 0. The maximum atomic E-state index is 14.9. The van der Waals surface area contributed by atoms with Gasteiger partial charge in [-0.2, -0.15) is 0 Å². The van der Waals surface area contributed by atoms with Crippen molar-refractivity contribution >= 4 is 7.53 Å². The van der Waals surface area contributed by atoms with Crippen LogP contribution >= 0.6 is 7.53 Å². The summed E-state index contributed by atoms with van der Waals surface area (Å²) in [6, 6.07) is 0. The minimum atomic E-state index is -4.79. The molecule has 0 saturated heterocycles. The standard InChI is InChI=1S/C10H25F2N2P/c1-6-13(7-2)15(11,12,10-5)14(8-3)9-4/h6-10H2,1-5H3. The fourth-order valence-electron chi connectivity index (χ4n) is 2.11. The van der Waals surface area contributed by atoms with Crippen molar-refractivity contribution in [2.45, 2.75) is 34.6 Å². The maximum absolute atomic E-state index is 14.9. The van der Waals surface area contributed by atoms with Crippen LogP contribution in [0.2, 0.25) is 0 Å². The third-order valence-corrected chi connectivity index (χ3v) is 7.40. The summed E-state index contributed by atoms with van der Waals surface area (Å²) >= 11 is 0. The van der Waals surface area contributed by atoms with Gasteiger partial charge in [-0.25, -0.2) is 0 Å². The first-order chi connectivity index (χ1) is 6.90. The molecule has 5 heteroatoms. The number of hydrogen-bond donors (Lipinski definition) is 0. The van der Waals surface area contributed by atoms with Gasteiger partial charge in [0.05, 0.1) is 0 Å². The van der Waals surface area contributed by atoms with Gasteiger partial charge < -0.3 is 0 Å². The van der Waals surface area contributed by atoms with E-state index in [1.54, 1.807) is 6.92 Å². The van der Waals surface area contributed by atoms with Gasteiger partial charge in [-0.15, -0.1) is 0 Å². The zero-order chi connectivity index (χ0) is 12.1. The van der Waals surface area contributed by atoms with E-state index in [2.05, 4.69) is 0 Å². The Bertz CT molecular complexity index is 176. The molecule has 0 radical (unpaired) electrons. The molecule has 0 spiro atoms. The van der Waals surface area contributed by atoms with Crippen LogP contribution in [0.5, 0.6) is 0 Å². The molecular weight excluding hydrogens is 217 g/mol. The van der Waals surface area contributed by atoms with E-state index < -0.39 is 7.53 Å². The zero-order valence-electron chi connectivity index (χ0n) is 10.6. The summed E-state index contributed by atoms with van der Waals surface area (Å²) in [5.41, 5.74) is 0. The summed E-state index contributed by atoms with van der Waals surface area (Å²) in [5, 5.41) is 0. The predicted molar refractivity (Wildman–Crippen MR) is 65.5 cm³/mol. The fraction of sp³-hybridized carbons (Fsp3) is 1.00. The Hall–Kier alpha value is 0.210. The van der Waals surface area contributed by atoms with Crippen LogP contribution in [0.4, 0.5) is 8.39 Å². The van der Waals surface area contributed by atoms with Crippen LogP contribution in [-0.4, -0.2) is 41.7 Å². The van der Waals surface area contributed by atoms with E-state index in [-0.39, 0.29) is 6.16 Å². The van der Waals surface area contributed by atoms with Gasteiger partial charge in [-0.1, -0.05) is 0 Å². The molecule has 0 fully saturated rings. The molecule has 0 aromatic heterocycles. The molecule has 0 unspecified atom stereocenters. The molecule has 0 aromatic carbocycles. The van der Waals surface area contributed by atoms with Crippen molar-refractivity contribution < 1.29 is 8.39 Å². The molecule has 0 amide bonds. The molecular formula is C10H25F2N2P. The summed E-state index contributed by atoms with van der Waals surface area (Å²) in [6.07, 6.45) is -0.0467. The second-order valence-electron chi connectivity index (χ2n) is 3.57. The van der Waals surface area contributed by atoms with E-state index in [9.17, 15) is 8.39 Å². The quantitative estimate of drug-likeness (QED) is 0.626. The van der Waals surface area contributed by atoms with E-state index in [1.165, 1.54) is 9.34 Å². The molecule has 2 nitrogen and oxygen atoms in total. The summed E-state index contributed by atoms with van der Waals surface area (Å²) in [6.45, 7) is 10.5. The third kappa shape index (κ3) is 2.66. The average Bonchev–Trinajstić information content (AvgIpc) is 2.21.